The molecule has 0 atom stereocenters. The van der Waals surface area contributed by atoms with Crippen molar-refractivity contribution in [2.24, 2.45) is 0 Å². The SMILES string of the molecule is O=S(=O)(CCCl)Nc1ccc(I)c(Br)c1. The quantitative estimate of drug-likeness (QED) is 0.597. The van der Waals surface area contributed by atoms with Gasteiger partial charge in [0, 0.05) is 19.6 Å². The van der Waals surface area contributed by atoms with Crippen molar-refractivity contribution in [2.45, 2.75) is 0 Å². The second kappa shape index (κ2) is 5.70. The second-order valence-corrected chi connectivity index (χ2v) is 6.98. The highest BCUT2D eigenvalue weighted by molar-refractivity contribution is 14.1. The Hall–Kier alpha value is 0.470. The lowest BCUT2D eigenvalue weighted by atomic mass is 10.3. The smallest absolute Gasteiger partial charge is 0.233 e. The highest BCUT2D eigenvalue weighted by Gasteiger charge is 2.09. The minimum Gasteiger partial charge on any atom is -0.283 e. The largest absolute Gasteiger partial charge is 0.283 e. The van der Waals surface area contributed by atoms with Gasteiger partial charge in [-0.25, -0.2) is 8.42 Å². The van der Waals surface area contributed by atoms with Crippen LogP contribution in [0.3, 0.4) is 0 Å². The van der Waals surface area contributed by atoms with Crippen molar-refractivity contribution in [3.05, 3.63) is 26.2 Å². The average Bonchev–Trinajstić information content (AvgIpc) is 2.10. The molecule has 0 radical (unpaired) electrons. The van der Waals surface area contributed by atoms with Crippen LogP contribution in [0, 0.1) is 3.57 Å². The normalized spacial score (nSPS) is 11.4. The Bertz CT molecular complexity index is 452. The van der Waals surface area contributed by atoms with Crippen molar-refractivity contribution >= 4 is 65.8 Å². The van der Waals surface area contributed by atoms with Gasteiger partial charge in [0.25, 0.3) is 0 Å². The van der Waals surface area contributed by atoms with Gasteiger partial charge in [0.1, 0.15) is 0 Å². The summed E-state index contributed by atoms with van der Waals surface area (Å²) in [6, 6.07) is 5.25. The van der Waals surface area contributed by atoms with Gasteiger partial charge in [-0.3, -0.25) is 4.72 Å². The van der Waals surface area contributed by atoms with Crippen LogP contribution in [0.25, 0.3) is 0 Å². The molecule has 0 saturated carbocycles. The molecule has 0 aliphatic heterocycles. The number of benzene rings is 1. The monoisotopic (exact) mass is 423 g/mol. The third-order valence-electron chi connectivity index (χ3n) is 1.54. The number of nitrogens with one attached hydrogen (secondary N) is 1. The summed E-state index contributed by atoms with van der Waals surface area (Å²) in [5, 5.41) is 0. The first kappa shape index (κ1) is 13.5. The lowest BCUT2D eigenvalue weighted by molar-refractivity contribution is 0.602. The predicted octanol–water partition coefficient (Wildman–Crippen LogP) is 3.03. The molecule has 0 heterocycles. The van der Waals surface area contributed by atoms with Crippen molar-refractivity contribution in [1.29, 1.82) is 0 Å². The molecule has 0 aromatic heterocycles. The molecule has 15 heavy (non-hydrogen) atoms. The Morgan fingerprint density at radius 3 is 2.67 bits per heavy atom. The number of rotatable bonds is 4. The van der Waals surface area contributed by atoms with Crippen LogP contribution < -0.4 is 4.72 Å². The molecule has 0 spiro atoms. The van der Waals surface area contributed by atoms with Crippen LogP contribution >= 0.6 is 50.1 Å². The van der Waals surface area contributed by atoms with E-state index in [-0.39, 0.29) is 11.6 Å². The Balaban J connectivity index is 2.86. The van der Waals surface area contributed by atoms with Gasteiger partial charge in [0.05, 0.1) is 5.75 Å². The molecular weight excluding hydrogens is 416 g/mol. The Morgan fingerprint density at radius 1 is 1.47 bits per heavy atom. The fourth-order valence-corrected chi connectivity index (χ4v) is 3.01. The van der Waals surface area contributed by atoms with Crippen molar-refractivity contribution < 1.29 is 8.42 Å². The summed E-state index contributed by atoms with van der Waals surface area (Å²) in [6.45, 7) is 0. The maximum absolute atomic E-state index is 11.4. The highest BCUT2D eigenvalue weighted by atomic mass is 127. The first-order valence-electron chi connectivity index (χ1n) is 3.96. The van der Waals surface area contributed by atoms with Crippen LogP contribution in [0.2, 0.25) is 0 Å². The van der Waals surface area contributed by atoms with Gasteiger partial charge in [-0.05, 0) is 56.7 Å². The Kier molecular flexibility index (Phi) is 5.14. The molecule has 0 saturated heterocycles. The molecule has 0 amide bonds. The summed E-state index contributed by atoms with van der Waals surface area (Å²) < 4.78 is 27.1. The van der Waals surface area contributed by atoms with E-state index in [0.29, 0.717) is 5.69 Å². The molecule has 0 unspecified atom stereocenters. The molecular formula is C8H8BrClINO2S. The van der Waals surface area contributed by atoms with E-state index >= 15 is 0 Å². The molecule has 0 fully saturated rings. The molecule has 0 aliphatic rings. The lowest BCUT2D eigenvalue weighted by Crippen LogP contribution is -2.17. The summed E-state index contributed by atoms with van der Waals surface area (Å²) in [7, 11) is -3.32. The van der Waals surface area contributed by atoms with Crippen molar-refractivity contribution in [3.63, 3.8) is 0 Å². The van der Waals surface area contributed by atoms with E-state index in [4.69, 9.17) is 11.6 Å². The first-order chi connectivity index (χ1) is 6.94. The van der Waals surface area contributed by atoms with E-state index < -0.39 is 10.0 Å². The summed E-state index contributed by atoms with van der Waals surface area (Å²) in [5.41, 5.74) is 0.535. The number of hydrogen-bond acceptors (Lipinski definition) is 2. The molecule has 1 aromatic carbocycles. The number of halogens is 3. The van der Waals surface area contributed by atoms with E-state index in [1.54, 1.807) is 12.1 Å². The summed E-state index contributed by atoms with van der Waals surface area (Å²) in [4.78, 5) is 0. The molecule has 0 aliphatic carbocycles. The van der Waals surface area contributed by atoms with Gasteiger partial charge in [-0.2, -0.15) is 0 Å². The van der Waals surface area contributed by atoms with Crippen LogP contribution in [-0.2, 0) is 10.0 Å². The zero-order valence-electron chi connectivity index (χ0n) is 7.50. The van der Waals surface area contributed by atoms with Gasteiger partial charge in [0.2, 0.25) is 10.0 Å². The number of alkyl halides is 1. The van der Waals surface area contributed by atoms with Crippen molar-refractivity contribution in [3.8, 4) is 0 Å². The molecule has 7 heteroatoms. The van der Waals surface area contributed by atoms with E-state index in [0.717, 1.165) is 8.04 Å². The molecule has 3 nitrogen and oxygen atoms in total. The fourth-order valence-electron chi connectivity index (χ4n) is 0.892. The zero-order valence-corrected chi connectivity index (χ0v) is 12.8. The number of sulfonamides is 1. The summed E-state index contributed by atoms with van der Waals surface area (Å²) >= 11 is 10.9. The summed E-state index contributed by atoms with van der Waals surface area (Å²) in [5.74, 6) is -0.000960. The predicted molar refractivity (Wildman–Crippen MR) is 75.0 cm³/mol. The second-order valence-electron chi connectivity index (χ2n) is 2.74. The topological polar surface area (TPSA) is 46.2 Å². The lowest BCUT2D eigenvalue weighted by Gasteiger charge is -2.07. The highest BCUT2D eigenvalue weighted by Crippen LogP contribution is 2.23. The van der Waals surface area contributed by atoms with Crippen LogP contribution in [0.4, 0.5) is 5.69 Å². The van der Waals surface area contributed by atoms with Crippen molar-refractivity contribution in [1.82, 2.24) is 0 Å². The van der Waals surface area contributed by atoms with Gasteiger partial charge in [0.15, 0.2) is 0 Å². The minimum absolute atomic E-state index is 0.0842. The summed E-state index contributed by atoms with van der Waals surface area (Å²) in [6.07, 6.45) is 0. The van der Waals surface area contributed by atoms with E-state index in [9.17, 15) is 8.42 Å². The molecule has 1 aromatic rings. The minimum atomic E-state index is -3.32. The first-order valence-corrected chi connectivity index (χ1v) is 8.02. The molecule has 84 valence electrons. The maximum atomic E-state index is 11.4. The third kappa shape index (κ3) is 4.46. The third-order valence-corrected chi connectivity index (χ3v) is 5.58. The van der Waals surface area contributed by atoms with Gasteiger partial charge < -0.3 is 0 Å². The van der Waals surface area contributed by atoms with Gasteiger partial charge >= 0.3 is 0 Å². The zero-order chi connectivity index (χ0) is 11.5. The van der Waals surface area contributed by atoms with Gasteiger partial charge in [-0.1, -0.05) is 0 Å². The maximum Gasteiger partial charge on any atom is 0.233 e. The number of anilines is 1. The number of hydrogen-bond donors (Lipinski definition) is 1. The van der Waals surface area contributed by atoms with E-state index in [1.165, 1.54) is 0 Å². The van der Waals surface area contributed by atoms with Crippen LogP contribution in [0.1, 0.15) is 0 Å². The van der Waals surface area contributed by atoms with Crippen LogP contribution in [-0.4, -0.2) is 20.1 Å². The Morgan fingerprint density at radius 2 is 2.13 bits per heavy atom. The van der Waals surface area contributed by atoms with E-state index in [2.05, 4.69) is 43.2 Å². The fraction of sp³-hybridized carbons (Fsp3) is 0.250. The molecule has 1 N–H and O–H groups in total. The Labute approximate surface area is 116 Å². The average molecular weight is 424 g/mol. The van der Waals surface area contributed by atoms with Crippen LogP contribution in [0.15, 0.2) is 22.7 Å². The van der Waals surface area contributed by atoms with Gasteiger partial charge in [-0.15, -0.1) is 11.6 Å². The molecule has 1 rings (SSSR count). The molecule has 0 bridgehead atoms. The van der Waals surface area contributed by atoms with Crippen molar-refractivity contribution in [2.75, 3.05) is 16.4 Å². The van der Waals surface area contributed by atoms with Crippen LogP contribution in [0.5, 0.6) is 0 Å². The standard InChI is InChI=1S/C8H8BrClINO2S/c9-7-5-6(1-2-8(7)11)12-15(13,14)4-3-10/h1-2,5,12H,3-4H2. The van der Waals surface area contributed by atoms with E-state index in [1.807, 2.05) is 6.07 Å².